The van der Waals surface area contributed by atoms with E-state index in [1.807, 2.05) is 26.0 Å². The van der Waals surface area contributed by atoms with Crippen LogP contribution < -0.4 is 20.1 Å². The standard InChI is InChI=1S/C40H45F3N6O8S2/c1-3-23-16-22(2)6-4-5-7-26-20-39(26,37(52)48-59(55,56)29-12-13-29)47-34(50)32-19-28(21-49(32)36(51)33(23)46-38(53)54)57-27-17-30(45-31(18-27)35-44-14-15-58-35)24-8-10-25(11-9-24)40(41,42)43/h5,7-11,14-15,17-18,22-23,26,28-29,32-33,46H,3-4,6,12-13,16,19-21H2,1-2H3,(H,47,50)(H,48,52)(H,53,54)/b7-5-/t22-,23-,26-,28-,32+,33+,39?/m1/s1. The first-order valence-corrected chi connectivity index (χ1v) is 22.0. The molecule has 2 aliphatic carbocycles. The third kappa shape index (κ3) is 9.40. The Kier molecular flexibility index (Phi) is 11.8. The minimum Gasteiger partial charge on any atom is -0.488 e. The molecular formula is C40H45F3N6O8S2. The van der Waals surface area contributed by atoms with Gasteiger partial charge in [-0.2, -0.15) is 13.2 Å². The van der Waals surface area contributed by atoms with E-state index in [4.69, 9.17) is 4.74 Å². The summed E-state index contributed by atoms with van der Waals surface area (Å²) in [5, 5.41) is 16.7. The summed E-state index contributed by atoms with van der Waals surface area (Å²) in [5.74, 6) is -2.93. The number of carbonyl (C=O) groups is 4. The van der Waals surface area contributed by atoms with E-state index in [2.05, 4.69) is 25.3 Å². The zero-order valence-electron chi connectivity index (χ0n) is 32.3. The number of sulfonamides is 1. The number of nitrogens with one attached hydrogen (secondary N) is 3. The van der Waals surface area contributed by atoms with Gasteiger partial charge in [0.25, 0.3) is 5.91 Å². The second kappa shape index (κ2) is 16.5. The molecular weight excluding hydrogens is 814 g/mol. The van der Waals surface area contributed by atoms with Crippen molar-refractivity contribution in [2.45, 2.75) is 100 Å². The number of hydrogen-bond acceptors (Lipinski definition) is 10. The molecule has 2 aliphatic heterocycles. The van der Waals surface area contributed by atoms with E-state index in [-0.39, 0.29) is 36.7 Å². The Morgan fingerprint density at radius 3 is 2.47 bits per heavy atom. The molecule has 1 unspecified atom stereocenters. The second-order valence-electron chi connectivity index (χ2n) is 15.9. The summed E-state index contributed by atoms with van der Waals surface area (Å²) >= 11 is 1.28. The van der Waals surface area contributed by atoms with Crippen molar-refractivity contribution >= 4 is 45.2 Å². The SMILES string of the molecule is CC[C@@H]1C[C@H](C)CC/C=C\[C@@H]2CC2(C(=O)NS(=O)(=O)C2CC2)NC(=O)[C@@H]2C[C@@H](Oc3cc(-c4ccc(C(F)(F)F)cc4)nc(-c4nccs4)c3)CN2C(=O)[C@H]1NC(=O)O. The lowest BCUT2D eigenvalue weighted by Gasteiger charge is -2.33. The lowest BCUT2D eigenvalue weighted by molar-refractivity contribution is -0.142. The average molecular weight is 859 g/mol. The molecule has 0 spiro atoms. The van der Waals surface area contributed by atoms with E-state index in [1.54, 1.807) is 17.6 Å². The van der Waals surface area contributed by atoms with E-state index in [0.717, 1.165) is 12.1 Å². The van der Waals surface area contributed by atoms with Crippen LogP contribution in [-0.4, -0.2) is 87.7 Å². The van der Waals surface area contributed by atoms with E-state index in [0.29, 0.717) is 54.8 Å². The number of thiazole rings is 1. The number of ether oxygens (including phenoxy) is 1. The van der Waals surface area contributed by atoms with Crippen molar-refractivity contribution in [1.29, 1.82) is 0 Å². The van der Waals surface area contributed by atoms with Crippen LogP contribution in [0.1, 0.15) is 70.8 Å². The average Bonchev–Trinajstić information content (AvgIpc) is 4.05. The highest BCUT2D eigenvalue weighted by Gasteiger charge is 2.62. The zero-order chi connectivity index (χ0) is 42.3. The fourth-order valence-corrected chi connectivity index (χ4v) is 10.0. The molecule has 7 rings (SSSR count). The first-order valence-electron chi connectivity index (χ1n) is 19.6. The number of benzene rings is 1. The monoisotopic (exact) mass is 858 g/mol. The highest BCUT2D eigenvalue weighted by molar-refractivity contribution is 7.91. The molecule has 1 aromatic carbocycles. The van der Waals surface area contributed by atoms with Gasteiger partial charge in [-0.3, -0.25) is 19.1 Å². The van der Waals surface area contributed by atoms with Crippen LogP contribution in [0.2, 0.25) is 0 Å². The highest BCUT2D eigenvalue weighted by atomic mass is 32.2. The Morgan fingerprint density at radius 2 is 1.83 bits per heavy atom. The van der Waals surface area contributed by atoms with Crippen molar-refractivity contribution in [3.05, 3.63) is 65.7 Å². The first kappa shape index (κ1) is 42.1. The molecule has 4 aliphatic rings. The number of carbonyl (C=O) groups excluding carboxylic acids is 3. The van der Waals surface area contributed by atoms with Gasteiger partial charge in [-0.25, -0.2) is 23.2 Å². The maximum absolute atomic E-state index is 14.6. The Hall–Kier alpha value is -5.04. The van der Waals surface area contributed by atoms with E-state index in [9.17, 15) is 45.9 Å². The molecule has 2 aromatic heterocycles. The van der Waals surface area contributed by atoms with Crippen molar-refractivity contribution in [2.75, 3.05) is 6.54 Å². The molecule has 0 bridgehead atoms. The Morgan fingerprint density at radius 1 is 1.10 bits per heavy atom. The van der Waals surface area contributed by atoms with Crippen LogP contribution in [0, 0.1) is 17.8 Å². The van der Waals surface area contributed by atoms with Crippen molar-refractivity contribution in [3.63, 3.8) is 0 Å². The number of rotatable bonds is 9. The topological polar surface area (TPSA) is 197 Å². The van der Waals surface area contributed by atoms with Gasteiger partial charge >= 0.3 is 12.3 Å². The van der Waals surface area contributed by atoms with Crippen LogP contribution >= 0.6 is 11.3 Å². The van der Waals surface area contributed by atoms with Crippen LogP contribution in [0.5, 0.6) is 5.75 Å². The van der Waals surface area contributed by atoms with Crippen molar-refractivity contribution in [2.24, 2.45) is 17.8 Å². The summed E-state index contributed by atoms with van der Waals surface area (Å²) in [7, 11) is -3.97. The maximum atomic E-state index is 14.6. The van der Waals surface area contributed by atoms with Gasteiger partial charge in [0.2, 0.25) is 21.8 Å². The molecule has 59 heavy (non-hydrogen) atoms. The summed E-state index contributed by atoms with van der Waals surface area (Å²) in [6.07, 6.45) is 1.56. The summed E-state index contributed by atoms with van der Waals surface area (Å²) in [6, 6.07) is 5.10. The Balaban J connectivity index is 1.23. The van der Waals surface area contributed by atoms with Crippen LogP contribution in [0.4, 0.5) is 18.0 Å². The number of amides is 4. The summed E-state index contributed by atoms with van der Waals surface area (Å²) in [4.78, 5) is 65.3. The van der Waals surface area contributed by atoms with E-state index < -0.39 is 86.4 Å². The molecule has 19 heteroatoms. The molecule has 3 fully saturated rings. The number of hydrogen-bond donors (Lipinski definition) is 4. The Bertz CT molecular complexity index is 2220. The zero-order valence-corrected chi connectivity index (χ0v) is 33.9. The van der Waals surface area contributed by atoms with E-state index >= 15 is 0 Å². The minimum absolute atomic E-state index is 0.0689. The number of carboxylic acid groups (broad SMARTS) is 1. The number of aromatic nitrogens is 2. The van der Waals surface area contributed by atoms with E-state index in [1.165, 1.54) is 34.4 Å². The molecule has 7 atom stereocenters. The summed E-state index contributed by atoms with van der Waals surface area (Å²) < 4.78 is 74.5. The van der Waals surface area contributed by atoms with Crippen LogP contribution in [0.15, 0.2) is 60.1 Å². The van der Waals surface area contributed by atoms with Gasteiger partial charge in [-0.15, -0.1) is 11.3 Å². The smallest absolute Gasteiger partial charge is 0.416 e. The van der Waals surface area contributed by atoms with Gasteiger partial charge in [0, 0.05) is 41.6 Å². The van der Waals surface area contributed by atoms with Gasteiger partial charge in [0.15, 0.2) is 0 Å². The summed E-state index contributed by atoms with van der Waals surface area (Å²) in [6.45, 7) is 3.69. The highest BCUT2D eigenvalue weighted by Crippen LogP contribution is 2.46. The molecule has 2 saturated carbocycles. The minimum atomic E-state index is -4.55. The predicted molar refractivity (Wildman–Crippen MR) is 210 cm³/mol. The number of allylic oxidation sites excluding steroid dienone is 1. The molecule has 4 N–H and O–H groups in total. The molecule has 0 radical (unpaired) electrons. The van der Waals surface area contributed by atoms with Gasteiger partial charge in [-0.05, 0) is 62.5 Å². The maximum Gasteiger partial charge on any atom is 0.416 e. The van der Waals surface area contributed by atoms with Gasteiger partial charge in [0.1, 0.15) is 40.2 Å². The number of fused-ring (bicyclic) bond motifs is 2. The molecule has 3 aromatic rings. The second-order valence-corrected chi connectivity index (χ2v) is 18.7. The van der Waals surface area contributed by atoms with Crippen molar-refractivity contribution < 1.29 is 50.6 Å². The van der Waals surface area contributed by atoms with Gasteiger partial charge in [-0.1, -0.05) is 44.6 Å². The summed E-state index contributed by atoms with van der Waals surface area (Å²) in [5.41, 5.74) is -1.45. The number of nitrogens with zero attached hydrogens (tertiary/aromatic N) is 3. The van der Waals surface area contributed by atoms with Crippen LogP contribution in [-0.2, 0) is 30.6 Å². The normalized spacial score (nSPS) is 28.3. The molecule has 14 nitrogen and oxygen atoms in total. The largest absolute Gasteiger partial charge is 0.488 e. The lowest BCUT2D eigenvalue weighted by Crippen LogP contribution is -2.59. The molecule has 4 heterocycles. The third-order valence-corrected chi connectivity index (χ3v) is 14.1. The molecule has 1 saturated heterocycles. The first-order chi connectivity index (χ1) is 28.0. The predicted octanol–water partition coefficient (Wildman–Crippen LogP) is 5.76. The fraction of sp³-hybridized carbons (Fsp3) is 0.500. The van der Waals surface area contributed by atoms with Gasteiger partial charge < -0.3 is 25.4 Å². The number of pyridine rings is 1. The molecule has 316 valence electrons. The fourth-order valence-electron chi connectivity index (χ4n) is 8.05. The molecule has 4 amide bonds. The van der Waals surface area contributed by atoms with Crippen LogP contribution in [0.25, 0.3) is 22.0 Å². The Labute approximate surface area is 343 Å². The van der Waals surface area contributed by atoms with Crippen molar-refractivity contribution in [3.8, 4) is 27.7 Å². The quantitative estimate of drug-likeness (QED) is 0.192. The number of halogens is 3. The number of alkyl halides is 3. The van der Waals surface area contributed by atoms with Gasteiger partial charge in [0.05, 0.1) is 23.1 Å². The lowest BCUT2D eigenvalue weighted by atomic mass is 9.85. The van der Waals surface area contributed by atoms with Crippen molar-refractivity contribution in [1.82, 2.24) is 30.2 Å². The van der Waals surface area contributed by atoms with Crippen LogP contribution in [0.3, 0.4) is 0 Å². The third-order valence-electron chi connectivity index (χ3n) is 11.5.